The minimum atomic E-state index is -0.259. The third kappa shape index (κ3) is 2.71. The molecule has 114 valence electrons. The fourth-order valence-corrected chi connectivity index (χ4v) is 3.67. The summed E-state index contributed by atoms with van der Waals surface area (Å²) in [4.78, 5) is 14.5. The molecule has 2 aliphatic rings. The van der Waals surface area contributed by atoms with Crippen molar-refractivity contribution in [2.24, 2.45) is 11.3 Å². The van der Waals surface area contributed by atoms with Gasteiger partial charge in [0.15, 0.2) is 6.10 Å². The Bertz CT molecular complexity index is 511. The monoisotopic (exact) mass is 287 g/mol. The van der Waals surface area contributed by atoms with Crippen molar-refractivity contribution in [1.82, 2.24) is 4.90 Å². The Kier molecular flexibility index (Phi) is 3.78. The van der Waals surface area contributed by atoms with Gasteiger partial charge in [0.1, 0.15) is 0 Å². The van der Waals surface area contributed by atoms with Crippen molar-refractivity contribution in [2.75, 3.05) is 6.54 Å². The lowest BCUT2D eigenvalue weighted by molar-refractivity contribution is -0.186. The van der Waals surface area contributed by atoms with E-state index >= 15 is 0 Å². The molecule has 0 saturated carbocycles. The molecule has 2 aliphatic heterocycles. The minimum absolute atomic E-state index is 0.139. The van der Waals surface area contributed by atoms with Gasteiger partial charge in [-0.05, 0) is 29.7 Å². The lowest BCUT2D eigenvalue weighted by atomic mass is 9.73. The van der Waals surface area contributed by atoms with E-state index in [9.17, 15) is 4.79 Å². The Morgan fingerprint density at radius 3 is 2.71 bits per heavy atom. The summed E-state index contributed by atoms with van der Waals surface area (Å²) in [6.45, 7) is 8.19. The second-order valence-corrected chi connectivity index (χ2v) is 7.29. The van der Waals surface area contributed by atoms with E-state index in [1.165, 1.54) is 6.42 Å². The number of hydrogen-bond acceptors (Lipinski definition) is 2. The first kappa shape index (κ1) is 14.6. The number of β-lactam (4-membered cyclic amide) rings is 1. The Morgan fingerprint density at radius 1 is 1.29 bits per heavy atom. The molecule has 3 rings (SSSR count). The SMILES string of the molecule is C[C@H]1CCC(C)(C)[C@@H]2[C@H](OCc3ccccc3)C(=O)N2C1. The number of benzene rings is 1. The third-order valence-corrected chi connectivity index (χ3v) is 5.01. The standard InChI is InChI=1S/C18H25NO2/c1-13-9-10-18(2,3)16-15(17(20)19(16)11-13)21-12-14-7-5-4-6-8-14/h4-8,13,15-16H,9-12H2,1-3H3/t13-,15-,16-/m0/s1. The molecule has 21 heavy (non-hydrogen) atoms. The van der Waals surface area contributed by atoms with Crippen molar-refractivity contribution in [3.63, 3.8) is 0 Å². The fraction of sp³-hybridized carbons (Fsp3) is 0.611. The number of fused-ring (bicyclic) bond motifs is 1. The van der Waals surface area contributed by atoms with Crippen LogP contribution in [0.15, 0.2) is 30.3 Å². The Hall–Kier alpha value is -1.35. The summed E-state index contributed by atoms with van der Waals surface area (Å²) >= 11 is 0. The van der Waals surface area contributed by atoms with E-state index in [4.69, 9.17) is 4.74 Å². The van der Waals surface area contributed by atoms with Crippen molar-refractivity contribution in [3.05, 3.63) is 35.9 Å². The summed E-state index contributed by atoms with van der Waals surface area (Å²) in [5.74, 6) is 0.769. The highest BCUT2D eigenvalue weighted by atomic mass is 16.5. The van der Waals surface area contributed by atoms with Gasteiger partial charge in [0.25, 0.3) is 5.91 Å². The normalized spacial score (nSPS) is 31.3. The van der Waals surface area contributed by atoms with Crippen LogP contribution in [0.2, 0.25) is 0 Å². The molecule has 0 unspecified atom stereocenters. The maximum atomic E-state index is 12.4. The smallest absolute Gasteiger partial charge is 0.254 e. The molecule has 1 aromatic rings. The number of hydrogen-bond donors (Lipinski definition) is 0. The van der Waals surface area contributed by atoms with E-state index in [1.807, 2.05) is 35.2 Å². The van der Waals surface area contributed by atoms with Crippen LogP contribution in [0, 0.1) is 11.3 Å². The van der Waals surface area contributed by atoms with Gasteiger partial charge < -0.3 is 9.64 Å². The van der Waals surface area contributed by atoms with Gasteiger partial charge in [-0.1, -0.05) is 51.1 Å². The van der Waals surface area contributed by atoms with Crippen molar-refractivity contribution >= 4 is 5.91 Å². The maximum absolute atomic E-state index is 12.4. The number of rotatable bonds is 3. The first-order chi connectivity index (χ1) is 9.99. The maximum Gasteiger partial charge on any atom is 0.254 e. The predicted octanol–water partition coefficient (Wildman–Crippen LogP) is 3.24. The van der Waals surface area contributed by atoms with Crippen molar-refractivity contribution in [1.29, 1.82) is 0 Å². The Labute approximate surface area is 127 Å². The van der Waals surface area contributed by atoms with Crippen LogP contribution >= 0.6 is 0 Å². The van der Waals surface area contributed by atoms with Crippen LogP contribution in [0.5, 0.6) is 0 Å². The zero-order chi connectivity index (χ0) is 15.0. The van der Waals surface area contributed by atoms with E-state index < -0.39 is 0 Å². The first-order valence-corrected chi connectivity index (χ1v) is 7.95. The summed E-state index contributed by atoms with van der Waals surface area (Å²) < 4.78 is 5.98. The van der Waals surface area contributed by atoms with Crippen molar-refractivity contribution < 1.29 is 9.53 Å². The first-order valence-electron chi connectivity index (χ1n) is 7.95. The number of ether oxygens (including phenoxy) is 1. The van der Waals surface area contributed by atoms with E-state index in [1.54, 1.807) is 0 Å². The third-order valence-electron chi connectivity index (χ3n) is 5.01. The summed E-state index contributed by atoms with van der Waals surface area (Å²) in [6, 6.07) is 10.3. The van der Waals surface area contributed by atoms with Gasteiger partial charge in [-0.2, -0.15) is 0 Å². The lowest BCUT2D eigenvalue weighted by Gasteiger charge is -2.52. The van der Waals surface area contributed by atoms with Crippen LogP contribution in [0.4, 0.5) is 0 Å². The van der Waals surface area contributed by atoms with E-state index in [-0.39, 0.29) is 23.5 Å². The highest BCUT2D eigenvalue weighted by Gasteiger charge is 2.56. The molecular weight excluding hydrogens is 262 g/mol. The average Bonchev–Trinajstić information content (AvgIpc) is 2.57. The zero-order valence-corrected chi connectivity index (χ0v) is 13.2. The molecule has 1 amide bonds. The van der Waals surface area contributed by atoms with Crippen molar-refractivity contribution in [3.8, 4) is 0 Å². The highest BCUT2D eigenvalue weighted by molar-refractivity contribution is 5.88. The quantitative estimate of drug-likeness (QED) is 0.799. The molecule has 0 aromatic heterocycles. The number of nitrogens with zero attached hydrogens (tertiary/aromatic N) is 1. The molecule has 3 atom stereocenters. The molecule has 2 saturated heterocycles. The largest absolute Gasteiger partial charge is 0.361 e. The molecule has 0 aliphatic carbocycles. The van der Waals surface area contributed by atoms with Crippen LogP contribution in [0.1, 0.15) is 39.2 Å². The Morgan fingerprint density at radius 2 is 2.00 bits per heavy atom. The van der Waals surface area contributed by atoms with Gasteiger partial charge in [0, 0.05) is 6.54 Å². The van der Waals surface area contributed by atoms with Gasteiger partial charge in [0.2, 0.25) is 0 Å². The van der Waals surface area contributed by atoms with Gasteiger partial charge in [-0.15, -0.1) is 0 Å². The van der Waals surface area contributed by atoms with E-state index in [0.29, 0.717) is 12.5 Å². The zero-order valence-electron chi connectivity index (χ0n) is 13.2. The van der Waals surface area contributed by atoms with Crippen LogP contribution in [-0.2, 0) is 16.1 Å². The molecule has 2 heterocycles. The molecule has 0 N–H and O–H groups in total. The number of amides is 1. The highest BCUT2D eigenvalue weighted by Crippen LogP contribution is 2.44. The predicted molar refractivity (Wildman–Crippen MR) is 82.7 cm³/mol. The number of carbonyl (C=O) groups is 1. The second-order valence-electron chi connectivity index (χ2n) is 7.29. The summed E-state index contributed by atoms with van der Waals surface area (Å²) in [5.41, 5.74) is 1.27. The van der Waals surface area contributed by atoms with Gasteiger partial charge in [0.05, 0.1) is 12.6 Å². The van der Waals surface area contributed by atoms with Crippen LogP contribution in [0.25, 0.3) is 0 Å². The minimum Gasteiger partial charge on any atom is -0.361 e. The summed E-state index contributed by atoms with van der Waals surface area (Å²) in [5, 5.41) is 0. The van der Waals surface area contributed by atoms with Gasteiger partial charge in [-0.3, -0.25) is 4.79 Å². The topological polar surface area (TPSA) is 29.5 Å². The average molecular weight is 287 g/mol. The molecule has 2 fully saturated rings. The molecule has 0 radical (unpaired) electrons. The lowest BCUT2D eigenvalue weighted by Crippen LogP contribution is -2.70. The summed E-state index contributed by atoms with van der Waals surface area (Å²) in [7, 11) is 0. The van der Waals surface area contributed by atoms with Crippen LogP contribution in [-0.4, -0.2) is 29.5 Å². The Balaban J connectivity index is 1.70. The number of carbonyl (C=O) groups excluding carboxylic acids is 1. The second kappa shape index (κ2) is 5.45. The fourth-order valence-electron chi connectivity index (χ4n) is 3.67. The van der Waals surface area contributed by atoms with Gasteiger partial charge >= 0.3 is 0 Å². The molecular formula is C18H25NO2. The van der Waals surface area contributed by atoms with Crippen LogP contribution in [0.3, 0.4) is 0 Å². The van der Waals surface area contributed by atoms with Crippen molar-refractivity contribution in [2.45, 2.75) is 52.4 Å². The summed E-state index contributed by atoms with van der Waals surface area (Å²) in [6.07, 6.45) is 2.09. The van der Waals surface area contributed by atoms with E-state index in [2.05, 4.69) is 20.8 Å². The molecule has 0 spiro atoms. The van der Waals surface area contributed by atoms with E-state index in [0.717, 1.165) is 18.5 Å². The molecule has 0 bridgehead atoms. The molecule has 3 heteroatoms. The molecule has 1 aromatic carbocycles. The van der Waals surface area contributed by atoms with Gasteiger partial charge in [-0.25, -0.2) is 0 Å². The van der Waals surface area contributed by atoms with Crippen LogP contribution < -0.4 is 0 Å². The molecule has 3 nitrogen and oxygen atoms in total.